The average Bonchev–Trinajstić information content (AvgIpc) is 2.66. The van der Waals surface area contributed by atoms with Crippen LogP contribution < -0.4 is 5.73 Å². The van der Waals surface area contributed by atoms with Crippen LogP contribution in [0.2, 0.25) is 11.1 Å². The van der Waals surface area contributed by atoms with Crippen LogP contribution in [-0.4, -0.2) is 20.3 Å². The molecule has 0 unspecified atom stereocenters. The van der Waals surface area contributed by atoms with E-state index in [1.807, 2.05) is 36.4 Å². The van der Waals surface area contributed by atoms with Gasteiger partial charge in [-0.2, -0.15) is 0 Å². The molecule has 0 aliphatic rings. The molecule has 0 fully saturated rings. The lowest BCUT2D eigenvalue weighted by molar-refractivity contribution is -0.137. The Morgan fingerprint density at radius 2 is 1.39 bits per heavy atom. The van der Waals surface area contributed by atoms with Crippen molar-refractivity contribution in [2.24, 2.45) is 5.73 Å². The first kappa shape index (κ1) is 22.4. The molecule has 0 saturated heterocycles. The second kappa shape index (κ2) is 9.06. The molecule has 0 aliphatic heterocycles. The monoisotopic (exact) mass is 397 g/mol. The van der Waals surface area contributed by atoms with E-state index in [0.29, 0.717) is 6.42 Å². The number of hydrogen-bond acceptors (Lipinski definition) is 3. The van der Waals surface area contributed by atoms with Crippen molar-refractivity contribution in [1.82, 2.24) is 0 Å². The molecule has 0 amide bonds. The Morgan fingerprint density at radius 3 is 1.86 bits per heavy atom. The molecule has 0 aromatic heterocycles. The van der Waals surface area contributed by atoms with Crippen molar-refractivity contribution in [2.75, 3.05) is 0 Å². The van der Waals surface area contributed by atoms with Gasteiger partial charge in [-0.25, -0.2) is 0 Å². The summed E-state index contributed by atoms with van der Waals surface area (Å²) < 4.78 is 6.49. The van der Waals surface area contributed by atoms with Crippen LogP contribution in [0.15, 0.2) is 60.7 Å². The van der Waals surface area contributed by atoms with Gasteiger partial charge in [0.05, 0.1) is 0 Å². The fourth-order valence-electron chi connectivity index (χ4n) is 4.75. The topological polar surface area (TPSA) is 52.3 Å². The van der Waals surface area contributed by atoms with E-state index in [4.69, 9.17) is 10.2 Å². The smallest absolute Gasteiger partial charge is 0.310 e. The maximum atomic E-state index is 13.1. The van der Waals surface area contributed by atoms with Gasteiger partial charge in [0.2, 0.25) is 0 Å². The molecule has 0 aliphatic carbocycles. The summed E-state index contributed by atoms with van der Waals surface area (Å²) in [6.45, 7) is 13.2. The molecule has 2 N–H and O–H groups in total. The zero-order valence-corrected chi connectivity index (χ0v) is 19.1. The highest BCUT2D eigenvalue weighted by atomic mass is 28.4. The molecular weight excluding hydrogens is 362 g/mol. The maximum Gasteiger partial charge on any atom is 0.310 e. The fourth-order valence-corrected chi connectivity index (χ4v) is 10.8. The lowest BCUT2D eigenvalue weighted by Crippen LogP contribution is -2.62. The molecule has 2 aromatic rings. The molecule has 0 spiro atoms. The third-order valence-electron chi connectivity index (χ3n) is 6.06. The van der Waals surface area contributed by atoms with Gasteiger partial charge in [0.1, 0.15) is 6.04 Å². The predicted molar refractivity (Wildman–Crippen MR) is 120 cm³/mol. The Labute approximate surface area is 171 Å². The molecule has 28 heavy (non-hydrogen) atoms. The molecule has 2 aromatic carbocycles. The van der Waals surface area contributed by atoms with Crippen LogP contribution in [0.3, 0.4) is 0 Å². The summed E-state index contributed by atoms with van der Waals surface area (Å²) >= 11 is 0. The molecule has 0 bridgehead atoms. The van der Waals surface area contributed by atoms with Crippen molar-refractivity contribution in [2.45, 2.75) is 70.1 Å². The van der Waals surface area contributed by atoms with Crippen LogP contribution in [0.5, 0.6) is 0 Å². The van der Waals surface area contributed by atoms with Gasteiger partial charge in [-0.15, -0.1) is 0 Å². The summed E-state index contributed by atoms with van der Waals surface area (Å²) in [7, 11) is -2.59. The van der Waals surface area contributed by atoms with Crippen LogP contribution in [0.4, 0.5) is 0 Å². The highest BCUT2D eigenvalue weighted by Gasteiger charge is 2.57. The van der Waals surface area contributed by atoms with Crippen LogP contribution in [0, 0.1) is 0 Å². The second-order valence-corrected chi connectivity index (χ2v) is 14.2. The Kier molecular flexibility index (Phi) is 7.24. The number of hydrogen-bond donors (Lipinski definition) is 1. The minimum Gasteiger partial charge on any atom is -0.516 e. The molecule has 152 valence electrons. The normalized spacial score (nSPS) is 13.6. The van der Waals surface area contributed by atoms with E-state index in [1.165, 1.54) is 5.56 Å². The van der Waals surface area contributed by atoms with E-state index in [0.717, 1.165) is 5.56 Å². The molecule has 0 saturated carbocycles. The first-order valence-corrected chi connectivity index (χ1v) is 12.3. The van der Waals surface area contributed by atoms with Crippen molar-refractivity contribution < 1.29 is 9.22 Å². The Bertz CT molecular complexity index is 749. The molecular formula is C24H35NO2Si. The Morgan fingerprint density at radius 1 is 0.929 bits per heavy atom. The lowest BCUT2D eigenvalue weighted by atomic mass is 10.0. The van der Waals surface area contributed by atoms with Gasteiger partial charge in [-0.05, 0) is 28.6 Å². The first-order chi connectivity index (χ1) is 13.1. The number of carbonyl (C=O) groups excluding carboxylic acids is 1. The van der Waals surface area contributed by atoms with E-state index in [1.54, 1.807) is 0 Å². The minimum absolute atomic E-state index is 0.237. The Balaban J connectivity index is 2.36. The number of carbonyl (C=O) groups is 1. The standard InChI is InChI=1S/C24H35NO2Si/c1-18(2)28(19(3)4,24(5,6)21-15-11-8-12-16-21)27-23(26)22(25)17-20-13-9-7-10-14-20/h7-16,18-19,22H,17,25H2,1-6H3/t22-/m0/s1. The van der Waals surface area contributed by atoms with E-state index in [2.05, 4.69) is 65.8 Å². The highest BCUT2D eigenvalue weighted by molar-refractivity contribution is 6.80. The maximum absolute atomic E-state index is 13.1. The number of benzene rings is 2. The van der Waals surface area contributed by atoms with E-state index in [-0.39, 0.29) is 22.1 Å². The summed E-state index contributed by atoms with van der Waals surface area (Å²) in [4.78, 5) is 13.1. The van der Waals surface area contributed by atoms with Gasteiger partial charge in [-0.3, -0.25) is 4.79 Å². The fraction of sp³-hybridized carbons (Fsp3) is 0.458. The largest absolute Gasteiger partial charge is 0.516 e. The quantitative estimate of drug-likeness (QED) is 0.608. The summed E-state index contributed by atoms with van der Waals surface area (Å²) in [5, 5.41) is -0.237. The van der Waals surface area contributed by atoms with Crippen molar-refractivity contribution in [3.05, 3.63) is 71.8 Å². The second-order valence-electron chi connectivity index (χ2n) is 8.81. The molecule has 1 atom stereocenters. The van der Waals surface area contributed by atoms with Crippen molar-refractivity contribution in [3.8, 4) is 0 Å². The van der Waals surface area contributed by atoms with Gasteiger partial charge < -0.3 is 10.2 Å². The summed E-state index contributed by atoms with van der Waals surface area (Å²) in [5.41, 5.74) is 9.07. The van der Waals surface area contributed by atoms with Crippen LogP contribution in [0.1, 0.15) is 52.7 Å². The highest BCUT2D eigenvalue weighted by Crippen LogP contribution is 2.48. The zero-order valence-electron chi connectivity index (χ0n) is 18.1. The third-order valence-corrected chi connectivity index (χ3v) is 12.3. The van der Waals surface area contributed by atoms with Gasteiger partial charge in [-0.1, -0.05) is 102 Å². The average molecular weight is 398 g/mol. The van der Waals surface area contributed by atoms with Crippen molar-refractivity contribution >= 4 is 14.3 Å². The van der Waals surface area contributed by atoms with Gasteiger partial charge in [0.25, 0.3) is 8.32 Å². The summed E-state index contributed by atoms with van der Waals surface area (Å²) in [6.07, 6.45) is 0.492. The van der Waals surface area contributed by atoms with Crippen LogP contribution >= 0.6 is 0 Å². The molecule has 0 radical (unpaired) electrons. The third kappa shape index (κ3) is 4.39. The molecule has 4 heteroatoms. The summed E-state index contributed by atoms with van der Waals surface area (Å²) in [6, 6.07) is 19.7. The molecule has 3 nitrogen and oxygen atoms in total. The molecule has 0 heterocycles. The van der Waals surface area contributed by atoms with Crippen LogP contribution in [-0.2, 0) is 20.7 Å². The SMILES string of the molecule is CC(C)[Si](OC(=O)[C@@H](N)Cc1ccccc1)(C(C)C)C(C)(C)c1ccccc1. The number of nitrogens with two attached hydrogens (primary N) is 1. The predicted octanol–water partition coefficient (Wildman–Crippen LogP) is 5.38. The zero-order chi connectivity index (χ0) is 20.9. The van der Waals surface area contributed by atoms with E-state index >= 15 is 0 Å². The van der Waals surface area contributed by atoms with Crippen molar-refractivity contribution in [3.63, 3.8) is 0 Å². The van der Waals surface area contributed by atoms with Crippen LogP contribution in [0.25, 0.3) is 0 Å². The Hall–Kier alpha value is -1.91. The van der Waals surface area contributed by atoms with Gasteiger partial charge in [0.15, 0.2) is 0 Å². The van der Waals surface area contributed by atoms with Gasteiger partial charge in [0, 0.05) is 5.04 Å². The minimum atomic E-state index is -2.59. The van der Waals surface area contributed by atoms with Gasteiger partial charge >= 0.3 is 5.97 Å². The number of rotatable bonds is 8. The molecule has 2 rings (SSSR count). The summed E-state index contributed by atoms with van der Waals surface area (Å²) in [5.74, 6) is -0.276. The van der Waals surface area contributed by atoms with E-state index in [9.17, 15) is 4.79 Å². The van der Waals surface area contributed by atoms with E-state index < -0.39 is 14.4 Å². The van der Waals surface area contributed by atoms with Crippen molar-refractivity contribution in [1.29, 1.82) is 0 Å². The lowest BCUT2D eigenvalue weighted by Gasteiger charge is -2.49. The first-order valence-electron chi connectivity index (χ1n) is 10.2.